The number of rotatable bonds is 6. The van der Waals surface area contributed by atoms with Crippen LogP contribution in [0.1, 0.15) is 23.6 Å². The summed E-state index contributed by atoms with van der Waals surface area (Å²) in [6, 6.07) is 10.6. The van der Waals surface area contributed by atoms with Gasteiger partial charge in [-0.05, 0) is 74.0 Å². The van der Waals surface area contributed by atoms with Gasteiger partial charge in [-0.1, -0.05) is 23.7 Å². The van der Waals surface area contributed by atoms with Crippen LogP contribution in [0.2, 0.25) is 5.02 Å². The van der Waals surface area contributed by atoms with Gasteiger partial charge in [-0.25, -0.2) is 0 Å². The first-order valence-corrected chi connectivity index (χ1v) is 10.5. The number of amides is 3. The van der Waals surface area contributed by atoms with Gasteiger partial charge >= 0.3 is 0 Å². The molecule has 0 saturated carbocycles. The van der Waals surface area contributed by atoms with E-state index in [1.54, 1.807) is 30.3 Å². The second-order valence-corrected chi connectivity index (χ2v) is 8.11. The molecule has 8 heteroatoms. The number of hydrogen-bond acceptors (Lipinski definition) is 5. The number of aryl methyl sites for hydroxylation is 1. The van der Waals surface area contributed by atoms with E-state index in [2.05, 4.69) is 5.32 Å². The predicted molar refractivity (Wildman–Crippen MR) is 120 cm³/mol. The Morgan fingerprint density at radius 1 is 1.23 bits per heavy atom. The molecule has 0 atom stereocenters. The van der Waals surface area contributed by atoms with Crippen molar-refractivity contribution in [3.63, 3.8) is 0 Å². The lowest BCUT2D eigenvalue weighted by molar-refractivity contribution is -0.127. The summed E-state index contributed by atoms with van der Waals surface area (Å²) in [5, 5.41) is 2.75. The molecule has 1 saturated heterocycles. The highest BCUT2D eigenvalue weighted by atomic mass is 35.5. The fourth-order valence-corrected chi connectivity index (χ4v) is 3.93. The molecule has 1 fully saturated rings. The lowest BCUT2D eigenvalue weighted by Gasteiger charge is -2.14. The smallest absolute Gasteiger partial charge is 0.294 e. The van der Waals surface area contributed by atoms with E-state index in [-0.39, 0.29) is 11.4 Å². The second-order valence-electron chi connectivity index (χ2n) is 6.68. The topological polar surface area (TPSA) is 75.7 Å². The van der Waals surface area contributed by atoms with E-state index in [0.717, 1.165) is 27.8 Å². The molecule has 1 heterocycles. The van der Waals surface area contributed by atoms with Crippen LogP contribution in [0.25, 0.3) is 6.08 Å². The molecule has 0 radical (unpaired) electrons. The summed E-state index contributed by atoms with van der Waals surface area (Å²) in [7, 11) is 0. The Balaban J connectivity index is 1.76. The van der Waals surface area contributed by atoms with Gasteiger partial charge in [-0.15, -0.1) is 0 Å². The van der Waals surface area contributed by atoms with Crippen LogP contribution in [0.5, 0.6) is 5.75 Å². The quantitative estimate of drug-likeness (QED) is 0.632. The van der Waals surface area contributed by atoms with E-state index in [1.807, 2.05) is 32.9 Å². The third-order valence-electron chi connectivity index (χ3n) is 4.61. The van der Waals surface area contributed by atoms with Gasteiger partial charge < -0.3 is 10.1 Å². The van der Waals surface area contributed by atoms with E-state index >= 15 is 0 Å². The highest BCUT2D eigenvalue weighted by Crippen LogP contribution is 2.34. The van der Waals surface area contributed by atoms with Gasteiger partial charge in [-0.3, -0.25) is 19.3 Å². The first-order chi connectivity index (χ1) is 14.3. The maximum Gasteiger partial charge on any atom is 0.294 e. The minimum atomic E-state index is -0.525. The van der Waals surface area contributed by atoms with Crippen molar-refractivity contribution in [2.75, 3.05) is 18.5 Å². The first kappa shape index (κ1) is 21.9. The highest BCUT2D eigenvalue weighted by Gasteiger charge is 2.36. The Labute approximate surface area is 184 Å². The summed E-state index contributed by atoms with van der Waals surface area (Å²) in [4.78, 5) is 38.7. The normalized spacial score (nSPS) is 15.1. The van der Waals surface area contributed by atoms with E-state index in [1.165, 1.54) is 0 Å². The minimum Gasteiger partial charge on any atom is -0.493 e. The lowest BCUT2D eigenvalue weighted by Crippen LogP contribution is -2.36. The van der Waals surface area contributed by atoms with Gasteiger partial charge in [0.2, 0.25) is 5.91 Å². The Morgan fingerprint density at radius 2 is 2.00 bits per heavy atom. The fraction of sp³-hybridized carbons (Fsp3) is 0.227. The number of anilines is 1. The Morgan fingerprint density at radius 3 is 2.73 bits per heavy atom. The highest BCUT2D eigenvalue weighted by molar-refractivity contribution is 8.18. The maximum absolute atomic E-state index is 12.7. The van der Waals surface area contributed by atoms with Crippen LogP contribution in [0.4, 0.5) is 10.5 Å². The SMILES string of the molecule is CCOc1ccc(Cl)cc1/C=C1/SC(=O)N(CC(=O)Nc2cccc(C)c2C)C1=O. The van der Waals surface area contributed by atoms with Crippen molar-refractivity contribution in [1.29, 1.82) is 0 Å². The first-order valence-electron chi connectivity index (χ1n) is 9.34. The monoisotopic (exact) mass is 444 g/mol. The van der Waals surface area contributed by atoms with Crippen molar-refractivity contribution in [1.82, 2.24) is 4.90 Å². The molecular weight excluding hydrogens is 424 g/mol. The summed E-state index contributed by atoms with van der Waals surface area (Å²) in [5.74, 6) is -0.407. The molecule has 0 aliphatic carbocycles. The molecule has 156 valence electrons. The number of ether oxygens (including phenoxy) is 1. The van der Waals surface area contributed by atoms with Gasteiger partial charge in [0, 0.05) is 16.3 Å². The molecule has 3 amide bonds. The maximum atomic E-state index is 12.7. The standard InChI is InChI=1S/C22H21ClN2O4S/c1-4-29-18-9-8-16(23)10-15(18)11-19-21(27)25(22(28)30-19)12-20(26)24-17-7-5-6-13(2)14(17)3/h5-11H,4,12H2,1-3H3,(H,24,26)/b19-11+. The van der Waals surface area contributed by atoms with Crippen LogP contribution >= 0.6 is 23.4 Å². The average molecular weight is 445 g/mol. The molecular formula is C22H21ClN2O4S. The minimum absolute atomic E-state index is 0.211. The third kappa shape index (κ3) is 4.86. The molecule has 30 heavy (non-hydrogen) atoms. The van der Waals surface area contributed by atoms with Crippen molar-refractivity contribution in [3.8, 4) is 5.75 Å². The van der Waals surface area contributed by atoms with Crippen LogP contribution in [0.3, 0.4) is 0 Å². The van der Waals surface area contributed by atoms with E-state index in [9.17, 15) is 14.4 Å². The van der Waals surface area contributed by atoms with Crippen molar-refractivity contribution in [3.05, 3.63) is 63.0 Å². The van der Waals surface area contributed by atoms with Gasteiger partial charge in [0.1, 0.15) is 12.3 Å². The summed E-state index contributed by atoms with van der Waals surface area (Å²) in [6.45, 7) is 5.78. The molecule has 1 aliphatic heterocycles. The summed E-state index contributed by atoms with van der Waals surface area (Å²) < 4.78 is 5.56. The number of benzene rings is 2. The number of nitrogens with one attached hydrogen (secondary N) is 1. The van der Waals surface area contributed by atoms with Crippen LogP contribution in [0.15, 0.2) is 41.3 Å². The van der Waals surface area contributed by atoms with Crippen LogP contribution in [0, 0.1) is 13.8 Å². The molecule has 0 unspecified atom stereocenters. The Hall–Kier alpha value is -2.77. The number of thioether (sulfide) groups is 1. The summed E-state index contributed by atoms with van der Waals surface area (Å²) in [5.41, 5.74) is 3.22. The van der Waals surface area contributed by atoms with E-state index in [0.29, 0.717) is 28.6 Å². The van der Waals surface area contributed by atoms with Gasteiger partial charge in [-0.2, -0.15) is 0 Å². The molecule has 2 aromatic rings. The van der Waals surface area contributed by atoms with Crippen molar-refractivity contribution >= 4 is 52.2 Å². The van der Waals surface area contributed by atoms with Crippen LogP contribution < -0.4 is 10.1 Å². The molecule has 0 spiro atoms. The predicted octanol–water partition coefficient (Wildman–Crippen LogP) is 5.03. The average Bonchev–Trinajstić information content (AvgIpc) is 2.95. The Bertz CT molecular complexity index is 1050. The summed E-state index contributed by atoms with van der Waals surface area (Å²) >= 11 is 6.84. The third-order valence-corrected chi connectivity index (χ3v) is 5.75. The molecule has 0 aromatic heterocycles. The van der Waals surface area contributed by atoms with Crippen LogP contribution in [-0.4, -0.2) is 35.1 Å². The zero-order valence-corrected chi connectivity index (χ0v) is 18.4. The molecule has 1 N–H and O–H groups in total. The van der Waals surface area contributed by atoms with Crippen molar-refractivity contribution in [2.45, 2.75) is 20.8 Å². The molecule has 0 bridgehead atoms. The lowest BCUT2D eigenvalue weighted by atomic mass is 10.1. The molecule has 2 aromatic carbocycles. The van der Waals surface area contributed by atoms with Gasteiger partial charge in [0.15, 0.2) is 0 Å². The summed E-state index contributed by atoms with van der Waals surface area (Å²) in [6.07, 6.45) is 1.56. The zero-order chi connectivity index (χ0) is 21.8. The number of hydrogen-bond donors (Lipinski definition) is 1. The van der Waals surface area contributed by atoms with Crippen LogP contribution in [-0.2, 0) is 9.59 Å². The van der Waals surface area contributed by atoms with Gasteiger partial charge in [0.05, 0.1) is 11.5 Å². The van der Waals surface area contributed by atoms with E-state index in [4.69, 9.17) is 16.3 Å². The molecule has 1 aliphatic rings. The van der Waals surface area contributed by atoms with E-state index < -0.39 is 17.1 Å². The molecule has 6 nitrogen and oxygen atoms in total. The van der Waals surface area contributed by atoms with Gasteiger partial charge in [0.25, 0.3) is 11.1 Å². The number of halogens is 1. The molecule has 3 rings (SSSR count). The van der Waals surface area contributed by atoms with Crippen molar-refractivity contribution < 1.29 is 19.1 Å². The number of carbonyl (C=O) groups excluding carboxylic acids is 3. The Kier molecular flexibility index (Phi) is 6.84. The largest absolute Gasteiger partial charge is 0.493 e. The van der Waals surface area contributed by atoms with Crippen molar-refractivity contribution in [2.24, 2.45) is 0 Å². The number of imide groups is 1. The zero-order valence-electron chi connectivity index (χ0n) is 16.8. The fourth-order valence-electron chi connectivity index (χ4n) is 2.92. The second kappa shape index (κ2) is 9.36. The number of nitrogens with zero attached hydrogens (tertiary/aromatic N) is 1. The number of carbonyl (C=O) groups is 3.